The highest BCUT2D eigenvalue weighted by Gasteiger charge is 1.87. The van der Waals surface area contributed by atoms with E-state index in [2.05, 4.69) is 6.07 Å². The minimum Gasteiger partial charge on any atom is -0.382 e. The van der Waals surface area contributed by atoms with E-state index < -0.39 is 0 Å². The minimum atomic E-state index is 0.687. The summed E-state index contributed by atoms with van der Waals surface area (Å²) in [7, 11) is 0. The van der Waals surface area contributed by atoms with Gasteiger partial charge in [-0.15, -0.1) is 0 Å². The van der Waals surface area contributed by atoms with Crippen LogP contribution in [0.4, 0.5) is 0 Å². The monoisotopic (exact) mass is 141 g/mol. The Hall–Kier alpha value is -0.550. The standard InChI is InChI=1S/C8H15NO/c1-2-10-8-6-4-3-5-7-9/h2-6,8H2,1H3. The largest absolute Gasteiger partial charge is 0.382 e. The molecule has 0 saturated heterocycles. The second kappa shape index (κ2) is 8.45. The Morgan fingerprint density at radius 3 is 2.70 bits per heavy atom. The van der Waals surface area contributed by atoms with Gasteiger partial charge in [0.1, 0.15) is 0 Å². The van der Waals surface area contributed by atoms with E-state index in [-0.39, 0.29) is 0 Å². The normalized spacial score (nSPS) is 9.20. The zero-order valence-corrected chi connectivity index (χ0v) is 6.60. The van der Waals surface area contributed by atoms with Gasteiger partial charge in [-0.3, -0.25) is 0 Å². The van der Waals surface area contributed by atoms with E-state index in [4.69, 9.17) is 10.00 Å². The first-order valence-electron chi connectivity index (χ1n) is 3.86. The van der Waals surface area contributed by atoms with Crippen molar-refractivity contribution in [2.45, 2.75) is 32.6 Å². The average molecular weight is 141 g/mol. The van der Waals surface area contributed by atoms with Gasteiger partial charge in [0.05, 0.1) is 6.07 Å². The minimum absolute atomic E-state index is 0.687. The summed E-state index contributed by atoms with van der Waals surface area (Å²) in [6, 6.07) is 2.12. The second-order valence-electron chi connectivity index (χ2n) is 2.17. The molecule has 0 bridgehead atoms. The van der Waals surface area contributed by atoms with Crippen LogP contribution in [0.2, 0.25) is 0 Å². The van der Waals surface area contributed by atoms with Crippen molar-refractivity contribution in [2.24, 2.45) is 0 Å². The molecule has 0 saturated carbocycles. The lowest BCUT2D eigenvalue weighted by Gasteiger charge is -1.97. The molecule has 0 atom stereocenters. The lowest BCUT2D eigenvalue weighted by molar-refractivity contribution is 0.143. The first kappa shape index (κ1) is 9.45. The summed E-state index contributed by atoms with van der Waals surface area (Å²) in [5, 5.41) is 8.19. The highest BCUT2D eigenvalue weighted by molar-refractivity contribution is 4.67. The first-order valence-corrected chi connectivity index (χ1v) is 3.86. The van der Waals surface area contributed by atoms with Crippen molar-refractivity contribution in [3.63, 3.8) is 0 Å². The molecule has 0 rings (SSSR count). The SMILES string of the molecule is CCOCCCCCC#N. The van der Waals surface area contributed by atoms with Crippen LogP contribution in [0.15, 0.2) is 0 Å². The van der Waals surface area contributed by atoms with Crippen LogP contribution in [0.5, 0.6) is 0 Å². The Bertz CT molecular complexity index is 95.9. The molecule has 0 aliphatic heterocycles. The second-order valence-corrected chi connectivity index (χ2v) is 2.17. The van der Waals surface area contributed by atoms with Crippen LogP contribution in [0.1, 0.15) is 32.6 Å². The number of unbranched alkanes of at least 4 members (excludes halogenated alkanes) is 3. The van der Waals surface area contributed by atoms with E-state index in [1.165, 1.54) is 0 Å². The van der Waals surface area contributed by atoms with Gasteiger partial charge in [-0.1, -0.05) is 6.42 Å². The van der Waals surface area contributed by atoms with Crippen molar-refractivity contribution >= 4 is 0 Å². The Labute approximate surface area is 62.8 Å². The Morgan fingerprint density at radius 1 is 1.30 bits per heavy atom. The van der Waals surface area contributed by atoms with Gasteiger partial charge in [0, 0.05) is 19.6 Å². The van der Waals surface area contributed by atoms with Gasteiger partial charge in [0.25, 0.3) is 0 Å². The first-order chi connectivity index (χ1) is 4.91. The summed E-state index contributed by atoms with van der Waals surface area (Å²) in [5.41, 5.74) is 0. The predicted octanol–water partition coefficient (Wildman–Crippen LogP) is 2.11. The van der Waals surface area contributed by atoms with E-state index in [0.29, 0.717) is 6.42 Å². The Kier molecular flexibility index (Phi) is 7.99. The zero-order valence-electron chi connectivity index (χ0n) is 6.60. The third-order valence-electron chi connectivity index (χ3n) is 1.28. The molecule has 0 aromatic carbocycles. The van der Waals surface area contributed by atoms with Crippen molar-refractivity contribution in [2.75, 3.05) is 13.2 Å². The maximum absolute atomic E-state index is 8.19. The molecule has 0 spiro atoms. The van der Waals surface area contributed by atoms with Crippen LogP contribution < -0.4 is 0 Å². The highest BCUT2D eigenvalue weighted by atomic mass is 16.5. The van der Waals surface area contributed by atoms with Crippen molar-refractivity contribution in [3.05, 3.63) is 0 Å². The lowest BCUT2D eigenvalue weighted by atomic mass is 10.2. The molecule has 0 N–H and O–H groups in total. The molecule has 0 unspecified atom stereocenters. The van der Waals surface area contributed by atoms with E-state index in [0.717, 1.165) is 32.5 Å². The topological polar surface area (TPSA) is 33.0 Å². The molecular formula is C8H15NO. The van der Waals surface area contributed by atoms with Crippen molar-refractivity contribution in [1.29, 1.82) is 5.26 Å². The molecular weight excluding hydrogens is 126 g/mol. The van der Waals surface area contributed by atoms with Gasteiger partial charge in [-0.2, -0.15) is 5.26 Å². The van der Waals surface area contributed by atoms with Gasteiger partial charge in [0.15, 0.2) is 0 Å². The summed E-state index contributed by atoms with van der Waals surface area (Å²) in [6.45, 7) is 3.65. The van der Waals surface area contributed by atoms with E-state index >= 15 is 0 Å². The maximum atomic E-state index is 8.19. The molecule has 10 heavy (non-hydrogen) atoms. The van der Waals surface area contributed by atoms with Crippen LogP contribution in [0, 0.1) is 11.3 Å². The maximum Gasteiger partial charge on any atom is 0.0621 e. The van der Waals surface area contributed by atoms with Gasteiger partial charge in [0.2, 0.25) is 0 Å². The molecule has 0 aliphatic carbocycles. The molecule has 0 aromatic rings. The molecule has 0 radical (unpaired) electrons. The summed E-state index contributed by atoms with van der Waals surface area (Å²) < 4.78 is 5.13. The lowest BCUT2D eigenvalue weighted by Crippen LogP contribution is -1.92. The van der Waals surface area contributed by atoms with E-state index in [1.54, 1.807) is 0 Å². The molecule has 0 heterocycles. The highest BCUT2D eigenvalue weighted by Crippen LogP contribution is 1.98. The molecule has 58 valence electrons. The quantitative estimate of drug-likeness (QED) is 0.531. The fraction of sp³-hybridized carbons (Fsp3) is 0.875. The van der Waals surface area contributed by atoms with Crippen molar-refractivity contribution in [3.8, 4) is 6.07 Å². The van der Waals surface area contributed by atoms with Crippen LogP contribution in [0.3, 0.4) is 0 Å². The van der Waals surface area contributed by atoms with Gasteiger partial charge in [-0.25, -0.2) is 0 Å². The molecule has 0 amide bonds. The fourth-order valence-electron chi connectivity index (χ4n) is 0.729. The zero-order chi connectivity index (χ0) is 7.66. The summed E-state index contributed by atoms with van der Waals surface area (Å²) >= 11 is 0. The third kappa shape index (κ3) is 7.45. The van der Waals surface area contributed by atoms with Crippen molar-refractivity contribution < 1.29 is 4.74 Å². The number of nitriles is 1. The summed E-state index contributed by atoms with van der Waals surface area (Å²) in [6.07, 6.45) is 3.92. The Morgan fingerprint density at radius 2 is 2.10 bits per heavy atom. The number of hydrogen-bond donors (Lipinski definition) is 0. The molecule has 0 aromatic heterocycles. The van der Waals surface area contributed by atoms with E-state index in [1.807, 2.05) is 6.92 Å². The van der Waals surface area contributed by atoms with Crippen molar-refractivity contribution in [1.82, 2.24) is 0 Å². The fourth-order valence-corrected chi connectivity index (χ4v) is 0.729. The summed E-state index contributed by atoms with van der Waals surface area (Å²) in [5.74, 6) is 0. The van der Waals surface area contributed by atoms with E-state index in [9.17, 15) is 0 Å². The van der Waals surface area contributed by atoms with Gasteiger partial charge < -0.3 is 4.74 Å². The molecule has 2 heteroatoms. The Balaban J connectivity index is 2.72. The molecule has 0 fully saturated rings. The smallest absolute Gasteiger partial charge is 0.0621 e. The van der Waals surface area contributed by atoms with Gasteiger partial charge >= 0.3 is 0 Å². The predicted molar refractivity (Wildman–Crippen MR) is 40.6 cm³/mol. The van der Waals surface area contributed by atoms with Crippen LogP contribution in [-0.4, -0.2) is 13.2 Å². The molecule has 2 nitrogen and oxygen atoms in total. The van der Waals surface area contributed by atoms with Crippen LogP contribution in [-0.2, 0) is 4.74 Å². The number of hydrogen-bond acceptors (Lipinski definition) is 2. The number of nitrogens with zero attached hydrogens (tertiary/aromatic N) is 1. The number of rotatable bonds is 6. The number of ether oxygens (including phenoxy) is 1. The van der Waals surface area contributed by atoms with Gasteiger partial charge in [-0.05, 0) is 19.8 Å². The van der Waals surface area contributed by atoms with Crippen LogP contribution in [0.25, 0.3) is 0 Å². The summed E-state index contributed by atoms with van der Waals surface area (Å²) in [4.78, 5) is 0. The average Bonchev–Trinajstić information content (AvgIpc) is 1.97. The van der Waals surface area contributed by atoms with Crippen LogP contribution >= 0.6 is 0 Å². The molecule has 0 aliphatic rings. The third-order valence-corrected chi connectivity index (χ3v) is 1.28.